The van der Waals surface area contributed by atoms with E-state index in [-0.39, 0.29) is 46.5 Å². The number of nitrogens with one attached hydrogen (secondary N) is 1. The highest BCUT2D eigenvalue weighted by molar-refractivity contribution is 6.31. The summed E-state index contributed by atoms with van der Waals surface area (Å²) < 4.78 is 80.2. The molecule has 0 radical (unpaired) electrons. The highest BCUT2D eigenvalue weighted by atomic mass is 35.5. The minimum absolute atomic E-state index is 0.0574. The number of pyridine rings is 1. The molecule has 6 nitrogen and oxygen atoms in total. The van der Waals surface area contributed by atoms with Gasteiger partial charge in [-0.15, -0.1) is 0 Å². The average molecular weight is 585 g/mol. The van der Waals surface area contributed by atoms with Crippen LogP contribution in [0.25, 0.3) is 11.3 Å². The largest absolute Gasteiger partial charge is 0.493 e. The van der Waals surface area contributed by atoms with Gasteiger partial charge in [-0.2, -0.15) is 13.2 Å². The zero-order valence-electron chi connectivity index (χ0n) is 21.5. The number of benzene rings is 2. The van der Waals surface area contributed by atoms with Gasteiger partial charge in [0.1, 0.15) is 18.1 Å². The SMILES string of the molecule is COc1cc(C(=O)NCCC(O)(c2cc(C)cc(-c3ccc(F)c(Cl)c3)n2)C(F)(F)F)ccc1OC1CC(F)C1. The van der Waals surface area contributed by atoms with Crippen molar-refractivity contribution in [2.45, 2.75) is 50.2 Å². The maximum atomic E-state index is 14.2. The molecule has 214 valence electrons. The van der Waals surface area contributed by atoms with E-state index in [0.29, 0.717) is 11.3 Å². The van der Waals surface area contributed by atoms with Crippen molar-refractivity contribution in [3.8, 4) is 22.8 Å². The summed E-state index contributed by atoms with van der Waals surface area (Å²) in [6.07, 6.45) is -6.80. The molecule has 1 aliphatic rings. The number of carbonyl (C=O) groups excluding carboxylic acids is 1. The third-order valence-corrected chi connectivity index (χ3v) is 6.90. The molecule has 0 bridgehead atoms. The fourth-order valence-corrected chi connectivity index (χ4v) is 4.42. The van der Waals surface area contributed by atoms with E-state index in [4.69, 9.17) is 21.1 Å². The molecular weight excluding hydrogens is 559 g/mol. The number of nitrogens with zero attached hydrogens (tertiary/aromatic N) is 1. The van der Waals surface area contributed by atoms with Gasteiger partial charge in [-0.3, -0.25) is 4.79 Å². The lowest BCUT2D eigenvalue weighted by Gasteiger charge is -2.31. The number of rotatable bonds is 9. The van der Waals surface area contributed by atoms with E-state index < -0.39 is 48.3 Å². The molecule has 0 aliphatic heterocycles. The molecule has 1 amide bonds. The maximum absolute atomic E-state index is 14.2. The Kier molecular flexibility index (Phi) is 8.55. The predicted octanol–water partition coefficient (Wildman–Crippen LogP) is 6.31. The van der Waals surface area contributed by atoms with Crippen LogP contribution in [0.15, 0.2) is 48.5 Å². The topological polar surface area (TPSA) is 80.7 Å². The third kappa shape index (κ3) is 6.31. The molecule has 1 saturated carbocycles. The van der Waals surface area contributed by atoms with Gasteiger partial charge >= 0.3 is 6.18 Å². The summed E-state index contributed by atoms with van der Waals surface area (Å²) in [5, 5.41) is 13.0. The molecule has 4 rings (SSSR count). The van der Waals surface area contributed by atoms with E-state index in [1.165, 1.54) is 50.4 Å². The van der Waals surface area contributed by atoms with E-state index in [2.05, 4.69) is 10.3 Å². The third-order valence-electron chi connectivity index (χ3n) is 6.61. The normalized spacial score (nSPS) is 18.4. The molecule has 0 saturated heterocycles. The number of hydrogen-bond donors (Lipinski definition) is 2. The lowest BCUT2D eigenvalue weighted by Crippen LogP contribution is -2.45. The van der Waals surface area contributed by atoms with Crippen LogP contribution in [-0.2, 0) is 5.60 Å². The summed E-state index contributed by atoms with van der Waals surface area (Å²) in [4.78, 5) is 16.7. The number of aliphatic hydroxyl groups is 1. The van der Waals surface area contributed by atoms with E-state index in [1.807, 2.05) is 0 Å². The standard InChI is InChI=1S/C28H26ClF5N2O4/c1-15-9-22(16-3-5-21(31)20(29)11-16)36-25(10-15)27(38,28(32,33)34)7-8-35-26(37)17-4-6-23(24(12-17)39-2)40-19-13-18(30)14-19/h3-6,9-12,18-19,38H,7-8,13-14H2,1-2H3,(H,35,37). The van der Waals surface area contributed by atoms with Gasteiger partial charge in [-0.1, -0.05) is 11.6 Å². The van der Waals surface area contributed by atoms with Crippen molar-refractivity contribution < 1.29 is 41.3 Å². The molecular formula is C28H26ClF5N2O4. The number of aromatic nitrogens is 1. The monoisotopic (exact) mass is 584 g/mol. The van der Waals surface area contributed by atoms with Gasteiger partial charge in [0, 0.05) is 36.9 Å². The van der Waals surface area contributed by atoms with Gasteiger partial charge in [0.2, 0.25) is 5.60 Å². The molecule has 1 aliphatic carbocycles. The van der Waals surface area contributed by atoms with E-state index in [1.54, 1.807) is 0 Å². The first-order valence-electron chi connectivity index (χ1n) is 12.3. The molecule has 3 aromatic rings. The summed E-state index contributed by atoms with van der Waals surface area (Å²) in [7, 11) is 1.36. The molecule has 2 aromatic carbocycles. The van der Waals surface area contributed by atoms with Crippen LogP contribution in [-0.4, -0.2) is 48.1 Å². The van der Waals surface area contributed by atoms with Crippen LogP contribution in [0, 0.1) is 12.7 Å². The molecule has 1 fully saturated rings. The van der Waals surface area contributed by atoms with Gasteiger partial charge < -0.3 is 19.9 Å². The second-order valence-corrected chi connectivity index (χ2v) is 9.99. The van der Waals surface area contributed by atoms with Crippen LogP contribution in [0.1, 0.15) is 40.9 Å². The fourth-order valence-electron chi connectivity index (χ4n) is 4.24. The number of hydrogen-bond acceptors (Lipinski definition) is 5. The Balaban J connectivity index is 1.50. The molecule has 1 heterocycles. The van der Waals surface area contributed by atoms with Crippen LogP contribution in [0.5, 0.6) is 11.5 Å². The predicted molar refractivity (Wildman–Crippen MR) is 138 cm³/mol. The Labute approximate surface area is 232 Å². The molecule has 0 spiro atoms. The number of aryl methyl sites for hydroxylation is 1. The van der Waals surface area contributed by atoms with Gasteiger partial charge in [-0.25, -0.2) is 13.8 Å². The van der Waals surface area contributed by atoms with Gasteiger partial charge in [0.15, 0.2) is 11.5 Å². The van der Waals surface area contributed by atoms with Gasteiger partial charge in [0.05, 0.1) is 23.5 Å². The Morgan fingerprint density at radius 2 is 1.85 bits per heavy atom. The van der Waals surface area contributed by atoms with Crippen LogP contribution in [0.2, 0.25) is 5.02 Å². The first-order valence-corrected chi connectivity index (χ1v) is 12.7. The zero-order chi connectivity index (χ0) is 29.2. The first kappa shape index (κ1) is 29.5. The second kappa shape index (κ2) is 11.6. The minimum Gasteiger partial charge on any atom is -0.493 e. The summed E-state index contributed by atoms with van der Waals surface area (Å²) in [5.41, 5.74) is -3.32. The summed E-state index contributed by atoms with van der Waals surface area (Å²) >= 11 is 5.82. The van der Waals surface area contributed by atoms with E-state index in [9.17, 15) is 31.9 Å². The summed E-state index contributed by atoms with van der Waals surface area (Å²) in [5.74, 6) is -0.889. The number of alkyl halides is 4. The highest BCUT2D eigenvalue weighted by Gasteiger charge is 2.55. The van der Waals surface area contributed by atoms with Crippen molar-refractivity contribution in [1.82, 2.24) is 10.3 Å². The Morgan fingerprint density at radius 3 is 2.48 bits per heavy atom. The molecule has 1 atom stereocenters. The van der Waals surface area contributed by atoms with E-state index >= 15 is 0 Å². The number of carbonyl (C=O) groups is 1. The van der Waals surface area contributed by atoms with Gasteiger partial charge in [-0.05, 0) is 61.0 Å². The lowest BCUT2D eigenvalue weighted by atomic mass is 9.92. The molecule has 1 unspecified atom stereocenters. The number of ether oxygens (including phenoxy) is 2. The number of methoxy groups -OCH3 is 1. The zero-order valence-corrected chi connectivity index (χ0v) is 22.2. The quantitative estimate of drug-likeness (QED) is 0.288. The Morgan fingerprint density at radius 1 is 1.12 bits per heavy atom. The van der Waals surface area contributed by atoms with Gasteiger partial charge in [0.25, 0.3) is 5.91 Å². The highest BCUT2D eigenvalue weighted by Crippen LogP contribution is 2.42. The molecule has 40 heavy (non-hydrogen) atoms. The fraction of sp³-hybridized carbons (Fsp3) is 0.357. The van der Waals surface area contributed by atoms with Crippen molar-refractivity contribution in [1.29, 1.82) is 0 Å². The maximum Gasteiger partial charge on any atom is 0.423 e. The van der Waals surface area contributed by atoms with Crippen LogP contribution in [0.4, 0.5) is 22.0 Å². The molecule has 12 heteroatoms. The van der Waals surface area contributed by atoms with E-state index in [0.717, 1.165) is 12.1 Å². The lowest BCUT2D eigenvalue weighted by molar-refractivity contribution is -0.270. The second-order valence-electron chi connectivity index (χ2n) is 9.58. The first-order chi connectivity index (χ1) is 18.8. The molecule has 2 N–H and O–H groups in total. The van der Waals surface area contributed by atoms with Crippen molar-refractivity contribution in [2.75, 3.05) is 13.7 Å². The van der Waals surface area contributed by atoms with Crippen molar-refractivity contribution in [3.63, 3.8) is 0 Å². The molecule has 1 aromatic heterocycles. The minimum atomic E-state index is -5.14. The smallest absolute Gasteiger partial charge is 0.423 e. The summed E-state index contributed by atoms with van der Waals surface area (Å²) in [6.45, 7) is 0.975. The van der Waals surface area contributed by atoms with Crippen molar-refractivity contribution >= 4 is 17.5 Å². The van der Waals surface area contributed by atoms with Crippen LogP contribution >= 0.6 is 11.6 Å². The van der Waals surface area contributed by atoms with Crippen LogP contribution in [0.3, 0.4) is 0 Å². The van der Waals surface area contributed by atoms with Crippen molar-refractivity contribution in [3.05, 3.63) is 76.2 Å². The summed E-state index contributed by atoms with van der Waals surface area (Å²) in [6, 6.07) is 10.4. The number of amides is 1. The number of halogens is 6. The average Bonchev–Trinajstić information content (AvgIpc) is 2.88. The van der Waals surface area contributed by atoms with Crippen molar-refractivity contribution in [2.24, 2.45) is 0 Å². The van der Waals surface area contributed by atoms with Crippen LogP contribution < -0.4 is 14.8 Å². The Bertz CT molecular complexity index is 1400. The Hall–Kier alpha value is -3.44.